The van der Waals surface area contributed by atoms with Gasteiger partial charge in [0, 0.05) is 19.3 Å². The molecule has 1 aliphatic rings. The number of hydrogen-bond acceptors (Lipinski definition) is 7. The van der Waals surface area contributed by atoms with Gasteiger partial charge in [0.25, 0.3) is 5.91 Å². The van der Waals surface area contributed by atoms with E-state index < -0.39 is 41.1 Å². The van der Waals surface area contributed by atoms with Gasteiger partial charge in [-0.2, -0.15) is 0 Å². The summed E-state index contributed by atoms with van der Waals surface area (Å²) >= 11 is 0. The van der Waals surface area contributed by atoms with Crippen molar-refractivity contribution in [3.8, 4) is 0 Å². The molecule has 1 saturated heterocycles. The fraction of sp³-hybridized carbons (Fsp3) is 0.457. The topological polar surface area (TPSA) is 144 Å². The molecule has 0 saturated carbocycles. The summed E-state index contributed by atoms with van der Waals surface area (Å²) in [5, 5.41) is 8.04. The maximum Gasteiger partial charge on any atom is 0.408 e. The summed E-state index contributed by atoms with van der Waals surface area (Å²) in [6, 6.07) is 15.3. The van der Waals surface area contributed by atoms with Crippen LogP contribution in [-0.2, 0) is 30.5 Å². The number of aryl methyl sites for hydroxylation is 1. The van der Waals surface area contributed by atoms with E-state index in [1.54, 1.807) is 31.5 Å². The SMILES string of the molecule is Cc1ccccc1C(C(=O)N1CCCC1)n1cnc(NC(=O)[C@@H](COCc2ccccc2)NC(=O)C(C)(C)NC(=O)OC(C)(C)C)c1. The van der Waals surface area contributed by atoms with Gasteiger partial charge in [0.1, 0.15) is 23.2 Å². The molecule has 1 aliphatic heterocycles. The summed E-state index contributed by atoms with van der Waals surface area (Å²) in [6.45, 7) is 11.6. The highest BCUT2D eigenvalue weighted by Crippen LogP contribution is 2.27. The van der Waals surface area contributed by atoms with Crippen LogP contribution in [0, 0.1) is 6.92 Å². The normalized spacial score (nSPS) is 14.6. The van der Waals surface area contributed by atoms with Crippen LogP contribution in [-0.4, -0.2) is 75.1 Å². The number of amides is 4. The Morgan fingerprint density at radius 2 is 1.60 bits per heavy atom. The van der Waals surface area contributed by atoms with Crippen LogP contribution in [0.1, 0.15) is 70.2 Å². The molecule has 1 aromatic heterocycles. The van der Waals surface area contributed by atoms with Crippen LogP contribution in [0.25, 0.3) is 0 Å². The lowest BCUT2D eigenvalue weighted by atomic mass is 10.00. The van der Waals surface area contributed by atoms with Gasteiger partial charge >= 0.3 is 6.09 Å². The highest BCUT2D eigenvalue weighted by atomic mass is 16.6. The van der Waals surface area contributed by atoms with E-state index in [0.717, 1.165) is 29.5 Å². The van der Waals surface area contributed by atoms with E-state index in [4.69, 9.17) is 9.47 Å². The Bertz CT molecular complexity index is 1540. The Morgan fingerprint density at radius 3 is 2.26 bits per heavy atom. The van der Waals surface area contributed by atoms with Gasteiger partial charge in [-0.3, -0.25) is 14.4 Å². The van der Waals surface area contributed by atoms with E-state index in [1.165, 1.54) is 20.2 Å². The minimum absolute atomic E-state index is 0.0359. The molecule has 3 N–H and O–H groups in total. The van der Waals surface area contributed by atoms with E-state index >= 15 is 0 Å². The number of imidazole rings is 1. The maximum absolute atomic E-state index is 13.7. The Morgan fingerprint density at radius 1 is 0.936 bits per heavy atom. The number of hydrogen-bond donors (Lipinski definition) is 3. The zero-order valence-corrected chi connectivity index (χ0v) is 28.0. The van der Waals surface area contributed by atoms with Gasteiger partial charge in [0.2, 0.25) is 11.8 Å². The average Bonchev–Trinajstić information content (AvgIpc) is 3.70. The molecule has 1 fully saturated rings. The lowest BCUT2D eigenvalue weighted by Crippen LogP contribution is -2.59. The number of benzene rings is 2. The van der Waals surface area contributed by atoms with Crippen molar-refractivity contribution in [3.63, 3.8) is 0 Å². The summed E-state index contributed by atoms with van der Waals surface area (Å²) in [6.07, 6.45) is 4.28. The standard InChI is InChI=1S/C35H46N6O6/c1-24-14-10-11-17-26(24)29(31(43)40-18-12-13-19-40)41-20-28(36-23-41)38-30(42)27(22-46-21-25-15-8-7-9-16-25)37-32(44)35(5,6)39-33(45)47-34(2,3)4/h7-11,14-17,20,23,27,29H,12-13,18-19,21-22H2,1-6H3,(H,37,44)(H,38,42)(H,39,45)/t27-,29?/m1/s1. The number of ether oxygens (including phenoxy) is 2. The van der Waals surface area contributed by atoms with Crippen LogP contribution >= 0.6 is 0 Å². The summed E-state index contributed by atoms with van der Waals surface area (Å²) in [7, 11) is 0. The van der Waals surface area contributed by atoms with Crippen molar-refractivity contribution < 1.29 is 28.7 Å². The Labute approximate surface area is 276 Å². The predicted molar refractivity (Wildman–Crippen MR) is 177 cm³/mol. The molecule has 2 atom stereocenters. The van der Waals surface area contributed by atoms with Crippen molar-refractivity contribution in [2.24, 2.45) is 0 Å². The minimum atomic E-state index is -1.42. The first-order chi connectivity index (χ1) is 22.2. The van der Waals surface area contributed by atoms with Gasteiger partial charge in [-0.1, -0.05) is 54.6 Å². The van der Waals surface area contributed by atoms with E-state index in [-0.39, 0.29) is 24.9 Å². The van der Waals surface area contributed by atoms with Gasteiger partial charge in [-0.25, -0.2) is 9.78 Å². The monoisotopic (exact) mass is 646 g/mol. The summed E-state index contributed by atoms with van der Waals surface area (Å²) in [5.41, 5.74) is 0.529. The second kappa shape index (κ2) is 15.3. The molecule has 2 aromatic carbocycles. The Hall–Kier alpha value is -4.71. The van der Waals surface area contributed by atoms with Crippen LogP contribution in [0.3, 0.4) is 0 Å². The number of alkyl carbamates (subject to hydrolysis) is 1. The van der Waals surface area contributed by atoms with E-state index in [2.05, 4.69) is 20.9 Å². The molecule has 0 spiro atoms. The van der Waals surface area contributed by atoms with Gasteiger partial charge in [0.15, 0.2) is 5.82 Å². The molecular formula is C35H46N6O6. The van der Waals surface area contributed by atoms with Gasteiger partial charge in [-0.15, -0.1) is 0 Å². The predicted octanol–water partition coefficient (Wildman–Crippen LogP) is 4.35. The fourth-order valence-electron chi connectivity index (χ4n) is 5.19. The molecule has 3 aromatic rings. The van der Waals surface area contributed by atoms with Gasteiger partial charge < -0.3 is 34.9 Å². The van der Waals surface area contributed by atoms with Crippen molar-refractivity contribution in [2.45, 2.75) is 84.2 Å². The van der Waals surface area contributed by atoms with Crippen LogP contribution in [0.5, 0.6) is 0 Å². The smallest absolute Gasteiger partial charge is 0.408 e. The Kier molecular flexibility index (Phi) is 11.4. The van der Waals surface area contributed by atoms with Crippen molar-refractivity contribution in [1.82, 2.24) is 25.1 Å². The first-order valence-electron chi connectivity index (χ1n) is 15.9. The largest absolute Gasteiger partial charge is 0.444 e. The zero-order valence-electron chi connectivity index (χ0n) is 28.0. The van der Waals surface area contributed by atoms with Gasteiger partial charge in [0.05, 0.1) is 19.5 Å². The molecule has 4 rings (SSSR count). The van der Waals surface area contributed by atoms with Crippen molar-refractivity contribution in [2.75, 3.05) is 25.0 Å². The van der Waals surface area contributed by atoms with E-state index in [0.29, 0.717) is 13.1 Å². The Balaban J connectivity index is 1.52. The number of nitrogens with zero attached hydrogens (tertiary/aromatic N) is 3. The molecular weight excluding hydrogens is 600 g/mol. The average molecular weight is 647 g/mol. The number of likely N-dealkylation sites (tertiary alicyclic amines) is 1. The van der Waals surface area contributed by atoms with Crippen LogP contribution < -0.4 is 16.0 Å². The number of anilines is 1. The first kappa shape index (κ1) is 35.1. The molecule has 252 valence electrons. The van der Waals surface area contributed by atoms with E-state index in [9.17, 15) is 19.2 Å². The molecule has 47 heavy (non-hydrogen) atoms. The minimum Gasteiger partial charge on any atom is -0.444 e. The molecule has 2 heterocycles. The number of carbonyl (C=O) groups excluding carboxylic acids is 4. The lowest BCUT2D eigenvalue weighted by Gasteiger charge is -2.29. The fourth-order valence-corrected chi connectivity index (χ4v) is 5.19. The summed E-state index contributed by atoms with van der Waals surface area (Å²) < 4.78 is 12.8. The van der Waals surface area contributed by atoms with Crippen LogP contribution in [0.4, 0.5) is 10.6 Å². The molecule has 0 aliphatic carbocycles. The highest BCUT2D eigenvalue weighted by Gasteiger charge is 2.35. The quantitative estimate of drug-likeness (QED) is 0.266. The first-order valence-corrected chi connectivity index (χ1v) is 15.9. The molecule has 4 amide bonds. The second-order valence-corrected chi connectivity index (χ2v) is 13.3. The number of carbonyl (C=O) groups is 4. The number of aromatic nitrogens is 2. The molecule has 0 radical (unpaired) electrons. The number of nitrogens with one attached hydrogen (secondary N) is 3. The molecule has 12 nitrogen and oxygen atoms in total. The molecule has 12 heteroatoms. The van der Waals surface area contributed by atoms with Gasteiger partial charge in [-0.05, 0) is 71.1 Å². The zero-order chi connectivity index (χ0) is 34.2. The van der Waals surface area contributed by atoms with Crippen molar-refractivity contribution >= 4 is 29.6 Å². The third-order valence-corrected chi connectivity index (χ3v) is 7.68. The number of rotatable bonds is 12. The summed E-state index contributed by atoms with van der Waals surface area (Å²) in [5.74, 6) is -1.03. The summed E-state index contributed by atoms with van der Waals surface area (Å²) in [4.78, 5) is 59.4. The third-order valence-electron chi connectivity index (χ3n) is 7.68. The second-order valence-electron chi connectivity index (χ2n) is 13.3. The van der Waals surface area contributed by atoms with Crippen LogP contribution in [0.15, 0.2) is 67.1 Å². The van der Waals surface area contributed by atoms with Crippen molar-refractivity contribution in [3.05, 3.63) is 83.8 Å². The van der Waals surface area contributed by atoms with Crippen LogP contribution in [0.2, 0.25) is 0 Å². The third kappa shape index (κ3) is 9.89. The molecule has 1 unspecified atom stereocenters. The molecule has 0 bridgehead atoms. The lowest BCUT2D eigenvalue weighted by molar-refractivity contribution is -0.132. The highest BCUT2D eigenvalue weighted by molar-refractivity contribution is 5.98. The van der Waals surface area contributed by atoms with E-state index in [1.807, 2.05) is 66.4 Å². The maximum atomic E-state index is 13.7. The van der Waals surface area contributed by atoms with Crippen molar-refractivity contribution in [1.29, 1.82) is 0 Å².